The first-order valence-electron chi connectivity index (χ1n) is 9.61. The fourth-order valence-corrected chi connectivity index (χ4v) is 4.28. The molecule has 2 rings (SSSR count). The Morgan fingerprint density at radius 3 is 2.43 bits per heavy atom. The predicted octanol–water partition coefficient (Wildman–Crippen LogP) is 1.32. The zero-order chi connectivity index (χ0) is 20.6. The summed E-state index contributed by atoms with van der Waals surface area (Å²) >= 11 is 0. The van der Waals surface area contributed by atoms with Gasteiger partial charge in [-0.3, -0.25) is 4.99 Å². The van der Waals surface area contributed by atoms with Gasteiger partial charge in [-0.15, -0.1) is 0 Å². The number of benzene rings is 1. The molecular formula is C19H31FN4O3S. The number of halogens is 1. The van der Waals surface area contributed by atoms with Crippen LogP contribution in [0.4, 0.5) is 4.39 Å². The molecule has 28 heavy (non-hydrogen) atoms. The molecule has 0 aliphatic carbocycles. The van der Waals surface area contributed by atoms with Crippen molar-refractivity contribution in [2.24, 2.45) is 4.99 Å². The van der Waals surface area contributed by atoms with Crippen molar-refractivity contribution in [1.29, 1.82) is 0 Å². The molecule has 1 aromatic carbocycles. The van der Waals surface area contributed by atoms with Gasteiger partial charge >= 0.3 is 0 Å². The van der Waals surface area contributed by atoms with Crippen molar-refractivity contribution in [3.63, 3.8) is 0 Å². The molecule has 0 radical (unpaired) electrons. The minimum atomic E-state index is -3.30. The Morgan fingerprint density at radius 2 is 1.86 bits per heavy atom. The van der Waals surface area contributed by atoms with E-state index in [1.807, 2.05) is 13.8 Å². The molecule has 1 N–H and O–H groups in total. The Morgan fingerprint density at radius 1 is 1.21 bits per heavy atom. The van der Waals surface area contributed by atoms with E-state index in [-0.39, 0.29) is 24.3 Å². The SMILES string of the molecule is CN=C(NCCc1ccc(F)cc1)N1CCN(S(=O)(=O)CCOC(C)C)CC1. The highest BCUT2D eigenvalue weighted by molar-refractivity contribution is 7.89. The number of hydrogen-bond donors (Lipinski definition) is 1. The maximum absolute atomic E-state index is 13.0. The van der Waals surface area contributed by atoms with Crippen LogP contribution in [-0.4, -0.2) is 81.8 Å². The lowest BCUT2D eigenvalue weighted by Crippen LogP contribution is -2.54. The van der Waals surface area contributed by atoms with Gasteiger partial charge in [0.15, 0.2) is 5.96 Å². The third-order valence-corrected chi connectivity index (χ3v) is 6.38. The Kier molecular flexibility index (Phi) is 8.65. The number of nitrogens with one attached hydrogen (secondary N) is 1. The summed E-state index contributed by atoms with van der Waals surface area (Å²) in [5.41, 5.74) is 1.05. The normalized spacial score (nSPS) is 16.6. The van der Waals surface area contributed by atoms with Crippen molar-refractivity contribution in [3.05, 3.63) is 35.6 Å². The molecule has 7 nitrogen and oxygen atoms in total. The summed E-state index contributed by atoms with van der Waals surface area (Å²) in [6.07, 6.45) is 0.778. The van der Waals surface area contributed by atoms with E-state index in [9.17, 15) is 12.8 Å². The number of guanidine groups is 1. The second-order valence-corrected chi connectivity index (χ2v) is 9.06. The zero-order valence-corrected chi connectivity index (χ0v) is 17.7. The number of aliphatic imine (C=N–C) groups is 1. The van der Waals surface area contributed by atoms with Gasteiger partial charge in [-0.25, -0.2) is 12.8 Å². The van der Waals surface area contributed by atoms with Crippen molar-refractivity contribution in [1.82, 2.24) is 14.5 Å². The smallest absolute Gasteiger partial charge is 0.216 e. The van der Waals surface area contributed by atoms with Gasteiger partial charge in [0.25, 0.3) is 0 Å². The largest absolute Gasteiger partial charge is 0.378 e. The van der Waals surface area contributed by atoms with Crippen LogP contribution < -0.4 is 5.32 Å². The highest BCUT2D eigenvalue weighted by Crippen LogP contribution is 2.09. The van der Waals surface area contributed by atoms with Gasteiger partial charge in [0.1, 0.15) is 5.82 Å². The molecule has 9 heteroatoms. The molecule has 1 heterocycles. The molecule has 0 atom stereocenters. The molecule has 0 spiro atoms. The summed E-state index contributed by atoms with van der Waals surface area (Å²) in [6.45, 7) is 6.70. The van der Waals surface area contributed by atoms with Crippen LogP contribution in [-0.2, 0) is 21.2 Å². The molecule has 1 aliphatic heterocycles. The van der Waals surface area contributed by atoms with Gasteiger partial charge in [0, 0.05) is 39.8 Å². The maximum Gasteiger partial charge on any atom is 0.216 e. The molecule has 1 saturated heterocycles. The lowest BCUT2D eigenvalue weighted by atomic mass is 10.1. The minimum absolute atomic E-state index is 0.00975. The predicted molar refractivity (Wildman–Crippen MR) is 109 cm³/mol. The van der Waals surface area contributed by atoms with Crippen LogP contribution in [0.1, 0.15) is 19.4 Å². The lowest BCUT2D eigenvalue weighted by Gasteiger charge is -2.35. The first-order chi connectivity index (χ1) is 13.3. The number of rotatable bonds is 8. The fraction of sp³-hybridized carbons (Fsp3) is 0.632. The highest BCUT2D eigenvalue weighted by atomic mass is 32.2. The van der Waals surface area contributed by atoms with Crippen molar-refractivity contribution >= 4 is 16.0 Å². The van der Waals surface area contributed by atoms with Gasteiger partial charge in [0.2, 0.25) is 10.0 Å². The fourth-order valence-electron chi connectivity index (χ4n) is 3.00. The first-order valence-corrected chi connectivity index (χ1v) is 11.2. The summed E-state index contributed by atoms with van der Waals surface area (Å²) in [5, 5.41) is 3.30. The third-order valence-electron chi connectivity index (χ3n) is 4.55. The van der Waals surface area contributed by atoms with Crippen LogP contribution in [0.2, 0.25) is 0 Å². The van der Waals surface area contributed by atoms with Gasteiger partial charge < -0.3 is 15.0 Å². The van der Waals surface area contributed by atoms with E-state index in [0.29, 0.717) is 32.7 Å². The van der Waals surface area contributed by atoms with Crippen molar-refractivity contribution < 1.29 is 17.5 Å². The number of ether oxygens (including phenoxy) is 1. The number of sulfonamides is 1. The van der Waals surface area contributed by atoms with Crippen molar-refractivity contribution in [2.75, 3.05) is 52.1 Å². The van der Waals surface area contributed by atoms with E-state index >= 15 is 0 Å². The average molecular weight is 415 g/mol. The van der Waals surface area contributed by atoms with E-state index in [2.05, 4.69) is 15.2 Å². The Balaban J connectivity index is 1.77. The molecule has 158 valence electrons. The van der Waals surface area contributed by atoms with E-state index in [4.69, 9.17) is 4.74 Å². The van der Waals surface area contributed by atoms with Crippen molar-refractivity contribution in [3.8, 4) is 0 Å². The molecular weight excluding hydrogens is 383 g/mol. The van der Waals surface area contributed by atoms with E-state index in [1.54, 1.807) is 19.2 Å². The topological polar surface area (TPSA) is 74.2 Å². The zero-order valence-electron chi connectivity index (χ0n) is 16.9. The molecule has 1 fully saturated rings. The Bertz CT molecular complexity index is 730. The van der Waals surface area contributed by atoms with Gasteiger partial charge in [0.05, 0.1) is 18.5 Å². The molecule has 1 aliphatic rings. The molecule has 0 aromatic heterocycles. The second kappa shape index (κ2) is 10.7. The maximum atomic E-state index is 13.0. The van der Waals surface area contributed by atoms with Crippen LogP contribution in [0.25, 0.3) is 0 Å². The molecule has 0 saturated carbocycles. The average Bonchev–Trinajstić information content (AvgIpc) is 2.66. The third kappa shape index (κ3) is 7.03. The van der Waals surface area contributed by atoms with Crippen LogP contribution >= 0.6 is 0 Å². The Hall–Kier alpha value is -1.71. The van der Waals surface area contributed by atoms with Gasteiger partial charge in [-0.1, -0.05) is 12.1 Å². The number of nitrogens with zero attached hydrogens (tertiary/aromatic N) is 3. The monoisotopic (exact) mass is 414 g/mol. The van der Waals surface area contributed by atoms with E-state index < -0.39 is 10.0 Å². The van der Waals surface area contributed by atoms with Crippen LogP contribution in [0.15, 0.2) is 29.3 Å². The summed E-state index contributed by atoms with van der Waals surface area (Å²) in [6, 6.07) is 6.45. The van der Waals surface area contributed by atoms with Gasteiger partial charge in [-0.05, 0) is 38.0 Å². The minimum Gasteiger partial charge on any atom is -0.378 e. The number of hydrogen-bond acceptors (Lipinski definition) is 4. The summed E-state index contributed by atoms with van der Waals surface area (Å²) in [5.74, 6) is 0.522. The van der Waals surface area contributed by atoms with Crippen LogP contribution in [0.5, 0.6) is 0 Å². The van der Waals surface area contributed by atoms with Crippen molar-refractivity contribution in [2.45, 2.75) is 26.4 Å². The molecule has 1 aromatic rings. The Labute approximate surface area is 167 Å². The molecule has 0 bridgehead atoms. The quantitative estimate of drug-likeness (QED) is 0.513. The number of piperazine rings is 1. The second-order valence-electron chi connectivity index (χ2n) is 6.97. The van der Waals surface area contributed by atoms with E-state index in [1.165, 1.54) is 16.4 Å². The summed E-state index contributed by atoms with van der Waals surface area (Å²) in [4.78, 5) is 6.35. The standard InChI is InChI=1S/C19H31FN4O3S/c1-16(2)27-14-15-28(25,26)24-12-10-23(11-13-24)19(21-3)22-9-8-17-4-6-18(20)7-5-17/h4-7,16H,8-15H2,1-3H3,(H,21,22). The highest BCUT2D eigenvalue weighted by Gasteiger charge is 2.27. The first kappa shape index (κ1) is 22.6. The molecule has 0 amide bonds. The lowest BCUT2D eigenvalue weighted by molar-refractivity contribution is 0.0904. The summed E-state index contributed by atoms with van der Waals surface area (Å²) in [7, 11) is -1.59. The van der Waals surface area contributed by atoms with Crippen LogP contribution in [0.3, 0.4) is 0 Å². The van der Waals surface area contributed by atoms with Gasteiger partial charge in [-0.2, -0.15) is 4.31 Å². The molecule has 0 unspecified atom stereocenters. The van der Waals surface area contributed by atoms with E-state index in [0.717, 1.165) is 17.9 Å². The summed E-state index contributed by atoms with van der Waals surface area (Å²) < 4.78 is 44.7. The van der Waals surface area contributed by atoms with Crippen LogP contribution in [0, 0.1) is 5.82 Å².